The highest BCUT2D eigenvalue weighted by Crippen LogP contribution is 2.14. The molecular formula is C17H33N3. The Kier molecular flexibility index (Phi) is 8.59. The minimum atomic E-state index is 0.950. The molecule has 0 saturated carbocycles. The Morgan fingerprint density at radius 3 is 2.25 bits per heavy atom. The topological polar surface area (TPSA) is 29.9 Å². The molecule has 0 saturated heterocycles. The molecule has 3 heteroatoms. The van der Waals surface area contributed by atoms with Gasteiger partial charge in [0.25, 0.3) is 0 Å². The maximum Gasteiger partial charge on any atom is 0.0641 e. The van der Waals surface area contributed by atoms with E-state index in [1.54, 1.807) is 0 Å². The molecule has 0 spiro atoms. The first-order valence-corrected chi connectivity index (χ1v) is 8.44. The molecule has 1 heterocycles. The lowest BCUT2D eigenvalue weighted by Crippen LogP contribution is -2.13. The molecule has 0 aliphatic carbocycles. The smallest absolute Gasteiger partial charge is 0.0641 e. The molecule has 1 aromatic heterocycles. The minimum absolute atomic E-state index is 0.950. The highest BCUT2D eigenvalue weighted by atomic mass is 15.3. The van der Waals surface area contributed by atoms with Crippen LogP contribution >= 0.6 is 0 Å². The highest BCUT2D eigenvalue weighted by molar-refractivity contribution is 5.24. The number of nitrogens with zero attached hydrogens (tertiary/aromatic N) is 2. The standard InChI is InChI=1S/C17H33N3/c1-5-7-8-9-10-11-12-13-20-16(4)17(14-18-6-2)15(3)19-20/h18H,5-14H2,1-4H3. The quantitative estimate of drug-likeness (QED) is 0.610. The molecule has 3 nitrogen and oxygen atoms in total. The SMILES string of the molecule is CCCCCCCCCn1nc(C)c(CNCC)c1C. The number of unbranched alkanes of at least 4 members (excludes halogenated alkanes) is 6. The molecule has 1 rings (SSSR count). The van der Waals surface area contributed by atoms with Gasteiger partial charge >= 0.3 is 0 Å². The van der Waals surface area contributed by atoms with Gasteiger partial charge in [0.1, 0.15) is 0 Å². The zero-order valence-electron chi connectivity index (χ0n) is 14.0. The van der Waals surface area contributed by atoms with Gasteiger partial charge in [-0.2, -0.15) is 5.10 Å². The Balaban J connectivity index is 2.30. The Morgan fingerprint density at radius 1 is 0.950 bits per heavy atom. The third kappa shape index (κ3) is 5.66. The van der Waals surface area contributed by atoms with Crippen LogP contribution in [0.15, 0.2) is 0 Å². The van der Waals surface area contributed by atoms with Gasteiger partial charge in [0, 0.05) is 24.3 Å². The van der Waals surface area contributed by atoms with Gasteiger partial charge in [0.2, 0.25) is 0 Å². The number of aromatic nitrogens is 2. The predicted molar refractivity (Wildman–Crippen MR) is 87.1 cm³/mol. The van der Waals surface area contributed by atoms with E-state index < -0.39 is 0 Å². The van der Waals surface area contributed by atoms with Gasteiger partial charge in [-0.15, -0.1) is 0 Å². The third-order valence-electron chi connectivity index (χ3n) is 4.06. The van der Waals surface area contributed by atoms with Gasteiger partial charge in [-0.3, -0.25) is 4.68 Å². The second kappa shape index (κ2) is 9.98. The van der Waals surface area contributed by atoms with Crippen LogP contribution < -0.4 is 5.32 Å². The molecule has 0 fully saturated rings. The normalized spacial score (nSPS) is 11.2. The van der Waals surface area contributed by atoms with Crippen LogP contribution in [0.25, 0.3) is 0 Å². The van der Waals surface area contributed by atoms with Gasteiger partial charge in [-0.05, 0) is 26.8 Å². The predicted octanol–water partition coefficient (Wildman–Crippen LogP) is 4.36. The van der Waals surface area contributed by atoms with Crippen LogP contribution in [0.2, 0.25) is 0 Å². The molecule has 0 atom stereocenters. The van der Waals surface area contributed by atoms with Gasteiger partial charge in [0.15, 0.2) is 0 Å². The summed E-state index contributed by atoms with van der Waals surface area (Å²) in [4.78, 5) is 0. The van der Waals surface area contributed by atoms with E-state index >= 15 is 0 Å². The third-order valence-corrected chi connectivity index (χ3v) is 4.06. The average molecular weight is 279 g/mol. The van der Waals surface area contributed by atoms with E-state index in [1.165, 1.54) is 61.9 Å². The van der Waals surface area contributed by atoms with Crippen molar-refractivity contribution in [3.63, 3.8) is 0 Å². The number of nitrogens with one attached hydrogen (secondary N) is 1. The minimum Gasteiger partial charge on any atom is -0.313 e. The van der Waals surface area contributed by atoms with Gasteiger partial charge in [-0.25, -0.2) is 0 Å². The molecule has 0 unspecified atom stereocenters. The number of aryl methyl sites for hydroxylation is 2. The molecule has 0 aromatic carbocycles. The first-order chi connectivity index (χ1) is 9.70. The van der Waals surface area contributed by atoms with Crippen LogP contribution in [0.3, 0.4) is 0 Å². The monoisotopic (exact) mass is 279 g/mol. The van der Waals surface area contributed by atoms with Gasteiger partial charge in [0.05, 0.1) is 5.69 Å². The molecule has 0 amide bonds. The van der Waals surface area contributed by atoms with Crippen LogP contribution in [-0.4, -0.2) is 16.3 Å². The molecule has 20 heavy (non-hydrogen) atoms. The van der Waals surface area contributed by atoms with Crippen LogP contribution in [0.4, 0.5) is 0 Å². The van der Waals surface area contributed by atoms with Crippen molar-refractivity contribution in [1.82, 2.24) is 15.1 Å². The molecule has 0 bridgehead atoms. The molecule has 1 N–H and O–H groups in total. The number of rotatable bonds is 11. The summed E-state index contributed by atoms with van der Waals surface area (Å²) in [6, 6.07) is 0. The summed E-state index contributed by atoms with van der Waals surface area (Å²) in [6.45, 7) is 11.8. The summed E-state index contributed by atoms with van der Waals surface area (Å²) in [5.74, 6) is 0. The van der Waals surface area contributed by atoms with E-state index in [-0.39, 0.29) is 0 Å². The Bertz CT molecular complexity index is 369. The largest absolute Gasteiger partial charge is 0.313 e. The second-order valence-electron chi connectivity index (χ2n) is 5.77. The summed E-state index contributed by atoms with van der Waals surface area (Å²) in [7, 11) is 0. The summed E-state index contributed by atoms with van der Waals surface area (Å²) < 4.78 is 2.20. The zero-order chi connectivity index (χ0) is 14.8. The fourth-order valence-electron chi connectivity index (χ4n) is 2.68. The van der Waals surface area contributed by atoms with Crippen molar-refractivity contribution in [3.05, 3.63) is 17.0 Å². The van der Waals surface area contributed by atoms with Gasteiger partial charge in [-0.1, -0.05) is 52.4 Å². The van der Waals surface area contributed by atoms with Crippen molar-refractivity contribution in [3.8, 4) is 0 Å². The van der Waals surface area contributed by atoms with E-state index in [2.05, 4.69) is 42.8 Å². The van der Waals surface area contributed by atoms with Crippen molar-refractivity contribution in [2.45, 2.75) is 85.7 Å². The van der Waals surface area contributed by atoms with Crippen molar-refractivity contribution in [2.75, 3.05) is 6.54 Å². The maximum absolute atomic E-state index is 4.69. The lowest BCUT2D eigenvalue weighted by molar-refractivity contribution is 0.514. The molecule has 116 valence electrons. The fourth-order valence-corrected chi connectivity index (χ4v) is 2.68. The highest BCUT2D eigenvalue weighted by Gasteiger charge is 2.10. The van der Waals surface area contributed by atoms with Crippen molar-refractivity contribution >= 4 is 0 Å². The van der Waals surface area contributed by atoms with E-state index in [9.17, 15) is 0 Å². The summed E-state index contributed by atoms with van der Waals surface area (Å²) in [5, 5.41) is 8.09. The van der Waals surface area contributed by atoms with E-state index in [4.69, 9.17) is 0 Å². The van der Waals surface area contributed by atoms with Crippen molar-refractivity contribution in [2.24, 2.45) is 0 Å². The van der Waals surface area contributed by atoms with Crippen LogP contribution in [0, 0.1) is 13.8 Å². The number of hydrogen-bond acceptors (Lipinski definition) is 2. The van der Waals surface area contributed by atoms with Gasteiger partial charge < -0.3 is 5.32 Å². The first-order valence-electron chi connectivity index (χ1n) is 8.44. The molecule has 0 aliphatic heterocycles. The first kappa shape index (κ1) is 17.2. The van der Waals surface area contributed by atoms with Crippen molar-refractivity contribution in [1.29, 1.82) is 0 Å². The van der Waals surface area contributed by atoms with Crippen molar-refractivity contribution < 1.29 is 0 Å². The van der Waals surface area contributed by atoms with Crippen LogP contribution in [-0.2, 0) is 13.1 Å². The molecule has 1 aromatic rings. The lowest BCUT2D eigenvalue weighted by Gasteiger charge is -2.06. The lowest BCUT2D eigenvalue weighted by atomic mass is 10.1. The van der Waals surface area contributed by atoms with E-state index in [0.29, 0.717) is 0 Å². The average Bonchev–Trinajstić information content (AvgIpc) is 2.70. The molecule has 0 radical (unpaired) electrons. The zero-order valence-corrected chi connectivity index (χ0v) is 14.0. The van der Waals surface area contributed by atoms with E-state index in [1.807, 2.05) is 0 Å². The fraction of sp³-hybridized carbons (Fsp3) is 0.824. The summed E-state index contributed by atoms with van der Waals surface area (Å²) in [5.41, 5.74) is 3.91. The van der Waals surface area contributed by atoms with Crippen LogP contribution in [0.1, 0.15) is 75.7 Å². The Hall–Kier alpha value is -0.830. The Labute approximate surface area is 125 Å². The molecule has 0 aliphatic rings. The summed E-state index contributed by atoms with van der Waals surface area (Å²) >= 11 is 0. The number of hydrogen-bond donors (Lipinski definition) is 1. The van der Waals surface area contributed by atoms with Crippen LogP contribution in [0.5, 0.6) is 0 Å². The molecular weight excluding hydrogens is 246 g/mol. The second-order valence-corrected chi connectivity index (χ2v) is 5.77. The Morgan fingerprint density at radius 2 is 1.60 bits per heavy atom. The maximum atomic E-state index is 4.69. The van der Waals surface area contributed by atoms with E-state index in [0.717, 1.165) is 19.6 Å². The summed E-state index contributed by atoms with van der Waals surface area (Å²) in [6.07, 6.45) is 9.51.